The van der Waals surface area contributed by atoms with E-state index >= 15 is 0 Å². The third-order valence-corrected chi connectivity index (χ3v) is 5.52. The van der Waals surface area contributed by atoms with E-state index in [0.29, 0.717) is 6.54 Å². The molecule has 1 aromatic carbocycles. The number of rotatable bonds is 5. The van der Waals surface area contributed by atoms with Gasteiger partial charge < -0.3 is 10.1 Å². The zero-order valence-corrected chi connectivity index (χ0v) is 14.8. The highest BCUT2D eigenvalue weighted by Crippen LogP contribution is 2.27. The van der Waals surface area contributed by atoms with Crippen molar-refractivity contribution in [2.24, 2.45) is 0 Å². The number of pyridine rings is 1. The number of nitrogens with zero attached hydrogens (tertiary/aromatic N) is 2. The largest absolute Gasteiger partial charge is 0.379 e. The third kappa shape index (κ3) is 3.81. The lowest BCUT2D eigenvalue weighted by molar-refractivity contribution is 0.0374. The first kappa shape index (κ1) is 16.4. The molecule has 5 nitrogen and oxygen atoms in total. The Bertz CT molecular complexity index is 834. The summed E-state index contributed by atoms with van der Waals surface area (Å²) in [5, 5.41) is 5.16. The predicted octanol–water partition coefficient (Wildman–Crippen LogP) is 2.90. The summed E-state index contributed by atoms with van der Waals surface area (Å²) in [6.45, 7) is 5.31. The number of morpholine rings is 1. The predicted molar refractivity (Wildman–Crippen MR) is 101 cm³/mol. The molecule has 2 aromatic heterocycles. The highest BCUT2D eigenvalue weighted by molar-refractivity contribution is 7.20. The van der Waals surface area contributed by atoms with Gasteiger partial charge in [0.15, 0.2) is 0 Å². The Morgan fingerprint density at radius 2 is 2.04 bits per heavy atom. The van der Waals surface area contributed by atoms with Crippen molar-refractivity contribution in [3.63, 3.8) is 0 Å². The quantitative estimate of drug-likeness (QED) is 0.715. The van der Waals surface area contributed by atoms with Gasteiger partial charge >= 0.3 is 0 Å². The van der Waals surface area contributed by atoms with E-state index in [2.05, 4.69) is 21.3 Å². The molecule has 3 heterocycles. The molecule has 0 atom stereocenters. The number of carbonyl (C=O) groups excluding carboxylic acids is 1. The molecule has 1 N–H and O–H groups in total. The van der Waals surface area contributed by atoms with Gasteiger partial charge in [0.25, 0.3) is 5.91 Å². The molecule has 0 radical (unpaired) electrons. The minimum absolute atomic E-state index is 0.00552. The van der Waals surface area contributed by atoms with Crippen molar-refractivity contribution < 1.29 is 9.53 Å². The zero-order valence-electron chi connectivity index (χ0n) is 14.0. The number of para-hydroxylation sites is 1. The number of nitrogens with one attached hydrogen (secondary N) is 1. The van der Waals surface area contributed by atoms with E-state index in [-0.39, 0.29) is 5.91 Å². The molecular weight excluding hydrogens is 334 g/mol. The Morgan fingerprint density at radius 1 is 1.20 bits per heavy atom. The van der Waals surface area contributed by atoms with Gasteiger partial charge in [-0.05, 0) is 31.2 Å². The molecule has 1 amide bonds. The molecule has 0 spiro atoms. The minimum atomic E-state index is -0.00552. The molecule has 1 fully saturated rings. The van der Waals surface area contributed by atoms with Crippen LogP contribution in [0.4, 0.5) is 0 Å². The van der Waals surface area contributed by atoms with Crippen LogP contribution in [0.1, 0.15) is 16.1 Å². The number of hydrogen-bond donors (Lipinski definition) is 1. The Kier molecular flexibility index (Phi) is 4.92. The van der Waals surface area contributed by atoms with Crippen LogP contribution in [0.3, 0.4) is 0 Å². The van der Waals surface area contributed by atoms with E-state index in [0.717, 1.165) is 65.3 Å². The molecule has 0 unspecified atom stereocenters. The van der Waals surface area contributed by atoms with Crippen molar-refractivity contribution in [1.29, 1.82) is 0 Å². The molecule has 4 rings (SSSR count). The lowest BCUT2D eigenvalue weighted by Crippen LogP contribution is -2.38. The monoisotopic (exact) mass is 355 g/mol. The first-order chi connectivity index (χ1) is 12.3. The molecule has 6 heteroatoms. The van der Waals surface area contributed by atoms with Crippen LogP contribution in [0.2, 0.25) is 0 Å². The van der Waals surface area contributed by atoms with E-state index in [1.807, 2.05) is 30.3 Å². The normalized spacial score (nSPS) is 15.7. The summed E-state index contributed by atoms with van der Waals surface area (Å²) in [5.74, 6) is -0.00552. The first-order valence-corrected chi connectivity index (χ1v) is 9.49. The maximum atomic E-state index is 12.4. The van der Waals surface area contributed by atoms with Gasteiger partial charge in [0.05, 0.1) is 23.6 Å². The maximum absolute atomic E-state index is 12.4. The smallest absolute Gasteiger partial charge is 0.261 e. The Labute approximate surface area is 150 Å². The van der Waals surface area contributed by atoms with E-state index in [1.165, 1.54) is 11.3 Å². The second-order valence-corrected chi connectivity index (χ2v) is 7.28. The molecule has 3 aromatic rings. The van der Waals surface area contributed by atoms with Crippen molar-refractivity contribution in [3.8, 4) is 0 Å². The molecule has 1 aliphatic rings. The van der Waals surface area contributed by atoms with Gasteiger partial charge in [0.2, 0.25) is 0 Å². The van der Waals surface area contributed by atoms with Crippen LogP contribution in [0.5, 0.6) is 0 Å². The average Bonchev–Trinajstić information content (AvgIpc) is 3.07. The van der Waals surface area contributed by atoms with Crippen LogP contribution >= 0.6 is 11.3 Å². The molecule has 0 saturated carbocycles. The molecule has 25 heavy (non-hydrogen) atoms. The van der Waals surface area contributed by atoms with Gasteiger partial charge in [0.1, 0.15) is 4.83 Å². The molecule has 0 aliphatic carbocycles. The number of thiophene rings is 1. The highest BCUT2D eigenvalue weighted by atomic mass is 32.1. The van der Waals surface area contributed by atoms with Crippen molar-refractivity contribution in [3.05, 3.63) is 41.3 Å². The van der Waals surface area contributed by atoms with Crippen LogP contribution in [0, 0.1) is 0 Å². The molecule has 1 aliphatic heterocycles. The third-order valence-electron chi connectivity index (χ3n) is 4.47. The lowest BCUT2D eigenvalue weighted by Gasteiger charge is -2.26. The van der Waals surface area contributed by atoms with E-state index in [1.54, 1.807) is 0 Å². The van der Waals surface area contributed by atoms with Crippen LogP contribution in [-0.4, -0.2) is 55.2 Å². The van der Waals surface area contributed by atoms with Gasteiger partial charge in [0, 0.05) is 30.4 Å². The molecule has 130 valence electrons. The molecular formula is C19H21N3O2S. The number of fused-ring (bicyclic) bond motifs is 2. The Balaban J connectivity index is 1.37. The average molecular weight is 355 g/mol. The second kappa shape index (κ2) is 7.47. The summed E-state index contributed by atoms with van der Waals surface area (Å²) in [6, 6.07) is 12.1. The number of ether oxygens (including phenoxy) is 1. The number of carbonyl (C=O) groups is 1. The lowest BCUT2D eigenvalue weighted by atomic mass is 10.2. The zero-order chi connectivity index (χ0) is 17.1. The van der Waals surface area contributed by atoms with Gasteiger partial charge in [-0.1, -0.05) is 18.2 Å². The summed E-state index contributed by atoms with van der Waals surface area (Å²) in [6.07, 6.45) is 0.957. The summed E-state index contributed by atoms with van der Waals surface area (Å²) in [7, 11) is 0. The summed E-state index contributed by atoms with van der Waals surface area (Å²) in [5.41, 5.74) is 0.967. The number of hydrogen-bond acceptors (Lipinski definition) is 5. The summed E-state index contributed by atoms with van der Waals surface area (Å²) in [4.78, 5) is 21.1. The van der Waals surface area contributed by atoms with Crippen LogP contribution in [-0.2, 0) is 4.74 Å². The fraction of sp³-hybridized carbons (Fsp3) is 0.368. The maximum Gasteiger partial charge on any atom is 0.261 e. The van der Waals surface area contributed by atoms with Gasteiger partial charge in [-0.25, -0.2) is 4.98 Å². The highest BCUT2D eigenvalue weighted by Gasteiger charge is 2.13. The summed E-state index contributed by atoms with van der Waals surface area (Å²) >= 11 is 1.46. The first-order valence-electron chi connectivity index (χ1n) is 8.67. The van der Waals surface area contributed by atoms with Gasteiger partial charge in [-0.2, -0.15) is 0 Å². The van der Waals surface area contributed by atoms with Crippen LogP contribution in [0.25, 0.3) is 21.1 Å². The molecule has 0 bridgehead atoms. The Hall–Kier alpha value is -2.02. The number of benzene rings is 1. The van der Waals surface area contributed by atoms with E-state index in [4.69, 9.17) is 4.74 Å². The van der Waals surface area contributed by atoms with E-state index < -0.39 is 0 Å². The minimum Gasteiger partial charge on any atom is -0.379 e. The van der Waals surface area contributed by atoms with E-state index in [9.17, 15) is 4.79 Å². The van der Waals surface area contributed by atoms with Crippen molar-refractivity contribution in [2.45, 2.75) is 6.42 Å². The van der Waals surface area contributed by atoms with Crippen LogP contribution in [0.15, 0.2) is 36.4 Å². The number of aromatic nitrogens is 1. The van der Waals surface area contributed by atoms with Gasteiger partial charge in [-0.15, -0.1) is 11.3 Å². The second-order valence-electron chi connectivity index (χ2n) is 6.25. The van der Waals surface area contributed by atoms with Gasteiger partial charge in [-0.3, -0.25) is 9.69 Å². The number of amides is 1. The van der Waals surface area contributed by atoms with Crippen molar-refractivity contribution in [2.75, 3.05) is 39.4 Å². The van der Waals surface area contributed by atoms with Crippen molar-refractivity contribution in [1.82, 2.24) is 15.2 Å². The Morgan fingerprint density at radius 3 is 2.92 bits per heavy atom. The fourth-order valence-electron chi connectivity index (χ4n) is 3.10. The fourth-order valence-corrected chi connectivity index (χ4v) is 4.04. The van der Waals surface area contributed by atoms with Crippen molar-refractivity contribution >= 4 is 38.4 Å². The molecule has 1 saturated heterocycles. The SMILES string of the molecule is O=C(NCCCN1CCOCC1)c1cc2cc3ccccc3nc2s1. The summed E-state index contributed by atoms with van der Waals surface area (Å²) < 4.78 is 5.34. The standard InChI is InChI=1S/C19H21N3O2S/c23-18(20-6-3-7-22-8-10-24-11-9-22)17-13-15-12-14-4-1-2-5-16(14)21-19(15)25-17/h1-2,4-5,12-13H,3,6-11H2,(H,20,23). The van der Waals surface area contributed by atoms with Crippen LogP contribution < -0.4 is 5.32 Å². The topological polar surface area (TPSA) is 54.5 Å².